The van der Waals surface area contributed by atoms with Gasteiger partial charge in [0.25, 0.3) is 5.91 Å². The van der Waals surface area contributed by atoms with Gasteiger partial charge in [0.2, 0.25) is 0 Å². The molecule has 0 radical (unpaired) electrons. The zero-order valence-corrected chi connectivity index (χ0v) is 10.1. The van der Waals surface area contributed by atoms with Gasteiger partial charge in [-0.3, -0.25) is 4.79 Å². The molecule has 2 heterocycles. The summed E-state index contributed by atoms with van der Waals surface area (Å²) in [6.45, 7) is 0.766. The molecular formula is C13H19N3O. The van der Waals surface area contributed by atoms with Crippen LogP contribution in [0.25, 0.3) is 0 Å². The Morgan fingerprint density at radius 3 is 2.76 bits per heavy atom. The number of aryl methyl sites for hydroxylation is 1. The number of aromatic amines is 1. The number of rotatable bonds is 1. The summed E-state index contributed by atoms with van der Waals surface area (Å²) in [5, 5.41) is 2.90. The Morgan fingerprint density at radius 1 is 1.12 bits per heavy atom. The number of aromatic nitrogens is 2. The maximum atomic E-state index is 11.8. The number of imidazole rings is 1. The summed E-state index contributed by atoms with van der Waals surface area (Å²) in [5.41, 5.74) is 1.68. The van der Waals surface area contributed by atoms with Crippen molar-refractivity contribution in [3.05, 3.63) is 17.2 Å². The first-order chi connectivity index (χ1) is 8.34. The molecule has 0 atom stereocenters. The molecule has 1 amide bonds. The summed E-state index contributed by atoms with van der Waals surface area (Å²) < 4.78 is 0. The Labute approximate surface area is 101 Å². The van der Waals surface area contributed by atoms with Crippen LogP contribution in [0, 0.1) is 0 Å². The summed E-state index contributed by atoms with van der Waals surface area (Å²) in [6, 6.07) is 0. The van der Waals surface area contributed by atoms with Crippen LogP contribution in [0.2, 0.25) is 0 Å². The second kappa shape index (κ2) is 4.51. The predicted molar refractivity (Wildman–Crippen MR) is 65.1 cm³/mol. The zero-order chi connectivity index (χ0) is 11.7. The van der Waals surface area contributed by atoms with Gasteiger partial charge < -0.3 is 10.3 Å². The molecule has 1 aromatic heterocycles. The first kappa shape index (κ1) is 10.8. The highest BCUT2D eigenvalue weighted by atomic mass is 16.1. The van der Waals surface area contributed by atoms with E-state index in [0.29, 0.717) is 11.6 Å². The van der Waals surface area contributed by atoms with Crippen LogP contribution in [0.3, 0.4) is 0 Å². The Kier molecular flexibility index (Phi) is 2.87. The van der Waals surface area contributed by atoms with Gasteiger partial charge in [0.15, 0.2) is 0 Å². The van der Waals surface area contributed by atoms with E-state index < -0.39 is 0 Å². The Balaban J connectivity index is 1.87. The van der Waals surface area contributed by atoms with Gasteiger partial charge in [0.1, 0.15) is 11.5 Å². The normalized spacial score (nSPS) is 21.8. The van der Waals surface area contributed by atoms with Crippen LogP contribution in [0.15, 0.2) is 0 Å². The molecule has 92 valence electrons. The second-order valence-corrected chi connectivity index (χ2v) is 5.14. The molecule has 4 nitrogen and oxygen atoms in total. The van der Waals surface area contributed by atoms with Gasteiger partial charge in [-0.2, -0.15) is 0 Å². The monoisotopic (exact) mass is 233 g/mol. The van der Waals surface area contributed by atoms with Crippen LogP contribution in [0.1, 0.15) is 66.4 Å². The van der Waals surface area contributed by atoms with E-state index in [9.17, 15) is 4.79 Å². The van der Waals surface area contributed by atoms with E-state index >= 15 is 0 Å². The molecule has 4 heteroatoms. The molecule has 0 unspecified atom stereocenters. The predicted octanol–water partition coefficient (Wildman–Crippen LogP) is 2.13. The molecule has 0 aromatic carbocycles. The molecule has 0 spiro atoms. The zero-order valence-electron chi connectivity index (χ0n) is 10.1. The lowest BCUT2D eigenvalue weighted by Crippen LogP contribution is -2.23. The SMILES string of the molecule is O=C1NCCCc2[nH]c(C3CCCCC3)nc21. The van der Waals surface area contributed by atoms with E-state index in [0.717, 1.165) is 30.9 Å². The van der Waals surface area contributed by atoms with Crippen molar-refractivity contribution in [2.24, 2.45) is 0 Å². The molecule has 0 bridgehead atoms. The van der Waals surface area contributed by atoms with Gasteiger partial charge in [0.05, 0.1) is 0 Å². The van der Waals surface area contributed by atoms with Crippen molar-refractivity contribution in [2.75, 3.05) is 6.54 Å². The van der Waals surface area contributed by atoms with Crippen LogP contribution in [0.4, 0.5) is 0 Å². The fraction of sp³-hybridized carbons (Fsp3) is 0.692. The first-order valence-corrected chi connectivity index (χ1v) is 6.71. The van der Waals surface area contributed by atoms with Crippen LogP contribution in [-0.4, -0.2) is 22.4 Å². The number of fused-ring (bicyclic) bond motifs is 1. The number of nitrogens with one attached hydrogen (secondary N) is 2. The van der Waals surface area contributed by atoms with Gasteiger partial charge >= 0.3 is 0 Å². The number of carbonyl (C=O) groups excluding carboxylic acids is 1. The van der Waals surface area contributed by atoms with Crippen molar-refractivity contribution in [3.63, 3.8) is 0 Å². The molecule has 1 aliphatic carbocycles. The number of hydrogen-bond donors (Lipinski definition) is 2. The molecule has 1 aromatic rings. The Hall–Kier alpha value is -1.32. The van der Waals surface area contributed by atoms with Gasteiger partial charge in [0, 0.05) is 18.2 Å². The number of amides is 1. The van der Waals surface area contributed by atoms with Crippen LogP contribution in [-0.2, 0) is 6.42 Å². The fourth-order valence-electron chi connectivity index (χ4n) is 2.92. The van der Waals surface area contributed by atoms with Gasteiger partial charge in [-0.25, -0.2) is 4.98 Å². The van der Waals surface area contributed by atoms with E-state index in [4.69, 9.17) is 0 Å². The minimum Gasteiger partial charge on any atom is -0.351 e. The number of H-pyrrole nitrogens is 1. The molecule has 2 N–H and O–H groups in total. The van der Waals surface area contributed by atoms with Crippen LogP contribution >= 0.6 is 0 Å². The smallest absolute Gasteiger partial charge is 0.271 e. The Morgan fingerprint density at radius 2 is 1.94 bits per heavy atom. The molecule has 3 rings (SSSR count). The third-order valence-corrected chi connectivity index (χ3v) is 3.89. The second-order valence-electron chi connectivity index (χ2n) is 5.14. The van der Waals surface area contributed by atoms with Gasteiger partial charge in [-0.05, 0) is 25.7 Å². The molecule has 2 aliphatic rings. The van der Waals surface area contributed by atoms with Crippen molar-refractivity contribution in [1.82, 2.24) is 15.3 Å². The molecule has 0 saturated heterocycles. The maximum absolute atomic E-state index is 11.8. The van der Waals surface area contributed by atoms with Crippen molar-refractivity contribution in [1.29, 1.82) is 0 Å². The van der Waals surface area contributed by atoms with Crippen molar-refractivity contribution >= 4 is 5.91 Å². The van der Waals surface area contributed by atoms with E-state index in [1.54, 1.807) is 0 Å². The van der Waals surface area contributed by atoms with Gasteiger partial charge in [-0.1, -0.05) is 19.3 Å². The number of carbonyl (C=O) groups is 1. The third-order valence-electron chi connectivity index (χ3n) is 3.89. The molecule has 1 aliphatic heterocycles. The lowest BCUT2D eigenvalue weighted by atomic mass is 9.89. The minimum atomic E-state index is -0.00388. The highest BCUT2D eigenvalue weighted by molar-refractivity contribution is 5.93. The van der Waals surface area contributed by atoms with E-state index in [-0.39, 0.29) is 5.91 Å². The average Bonchev–Trinajstić information content (AvgIpc) is 2.72. The molecule has 1 fully saturated rings. The first-order valence-electron chi connectivity index (χ1n) is 6.71. The maximum Gasteiger partial charge on any atom is 0.271 e. The lowest BCUT2D eigenvalue weighted by Gasteiger charge is -2.19. The lowest BCUT2D eigenvalue weighted by molar-refractivity contribution is 0.0951. The van der Waals surface area contributed by atoms with Crippen LogP contribution in [0.5, 0.6) is 0 Å². The highest BCUT2D eigenvalue weighted by Crippen LogP contribution is 2.31. The molecular weight excluding hydrogens is 214 g/mol. The summed E-state index contributed by atoms with van der Waals surface area (Å²) >= 11 is 0. The Bertz CT molecular complexity index is 418. The fourth-order valence-corrected chi connectivity index (χ4v) is 2.92. The summed E-state index contributed by atoms with van der Waals surface area (Å²) in [6.07, 6.45) is 8.31. The largest absolute Gasteiger partial charge is 0.351 e. The van der Waals surface area contributed by atoms with Gasteiger partial charge in [-0.15, -0.1) is 0 Å². The summed E-state index contributed by atoms with van der Waals surface area (Å²) in [7, 11) is 0. The highest BCUT2D eigenvalue weighted by Gasteiger charge is 2.24. The van der Waals surface area contributed by atoms with Crippen molar-refractivity contribution in [2.45, 2.75) is 50.9 Å². The van der Waals surface area contributed by atoms with Crippen molar-refractivity contribution < 1.29 is 4.79 Å². The van der Waals surface area contributed by atoms with E-state index in [2.05, 4.69) is 15.3 Å². The van der Waals surface area contributed by atoms with E-state index in [1.807, 2.05) is 0 Å². The third kappa shape index (κ3) is 2.08. The average molecular weight is 233 g/mol. The standard InChI is InChI=1S/C13H19N3O/c17-13-11-10(7-4-8-14-13)15-12(16-11)9-5-2-1-3-6-9/h9H,1-8H2,(H,14,17)(H,15,16). The molecule has 17 heavy (non-hydrogen) atoms. The quantitative estimate of drug-likeness (QED) is 0.780. The summed E-state index contributed by atoms with van der Waals surface area (Å²) in [4.78, 5) is 19.8. The van der Waals surface area contributed by atoms with Crippen LogP contribution < -0.4 is 5.32 Å². The number of hydrogen-bond acceptors (Lipinski definition) is 2. The molecule has 1 saturated carbocycles. The topological polar surface area (TPSA) is 57.8 Å². The minimum absolute atomic E-state index is 0.00388. The summed E-state index contributed by atoms with van der Waals surface area (Å²) in [5.74, 6) is 1.59. The van der Waals surface area contributed by atoms with Crippen molar-refractivity contribution in [3.8, 4) is 0 Å². The number of nitrogens with zero attached hydrogens (tertiary/aromatic N) is 1. The van der Waals surface area contributed by atoms with E-state index in [1.165, 1.54) is 32.1 Å².